The van der Waals surface area contributed by atoms with Crippen LogP contribution in [0.3, 0.4) is 0 Å². The number of rotatable bonds is 8. The molecule has 2 aromatic carbocycles. The van der Waals surface area contributed by atoms with Crippen LogP contribution in [0.1, 0.15) is 12.5 Å². The average Bonchev–Trinajstić information content (AvgIpc) is 2.55. The molecule has 0 spiro atoms. The van der Waals surface area contributed by atoms with E-state index in [1.807, 2.05) is 36.4 Å². The lowest BCUT2D eigenvalue weighted by Gasteiger charge is -2.16. The molecular weight excluding hydrogens is 278 g/mol. The first-order valence-electron chi connectivity index (χ1n) is 7.44. The molecule has 2 N–H and O–H groups in total. The van der Waals surface area contributed by atoms with Crippen LogP contribution in [0, 0.1) is 0 Å². The molecule has 0 bridgehead atoms. The molecule has 0 aliphatic carbocycles. The van der Waals surface area contributed by atoms with Gasteiger partial charge in [-0.05, 0) is 55.3 Å². The molecule has 1 unspecified atom stereocenters. The van der Waals surface area contributed by atoms with Crippen LogP contribution >= 0.6 is 0 Å². The highest BCUT2D eigenvalue weighted by Crippen LogP contribution is 2.18. The highest BCUT2D eigenvalue weighted by Gasteiger charge is 2.04. The van der Waals surface area contributed by atoms with Crippen molar-refractivity contribution in [3.63, 3.8) is 0 Å². The molecule has 2 rings (SSSR count). The number of ether oxygens (including phenoxy) is 2. The Morgan fingerprint density at radius 1 is 1.00 bits per heavy atom. The second-order valence-electron chi connectivity index (χ2n) is 5.19. The average molecular weight is 301 g/mol. The van der Waals surface area contributed by atoms with Gasteiger partial charge < -0.3 is 19.9 Å². The maximum Gasteiger partial charge on any atom is 0.119 e. The zero-order chi connectivity index (χ0) is 15.8. The quantitative estimate of drug-likeness (QED) is 0.786. The number of methoxy groups -OCH3 is 1. The third-order valence-corrected chi connectivity index (χ3v) is 3.33. The predicted molar refractivity (Wildman–Crippen MR) is 88.8 cm³/mol. The minimum atomic E-state index is 0.0267. The van der Waals surface area contributed by atoms with E-state index in [1.54, 1.807) is 7.11 Å². The van der Waals surface area contributed by atoms with E-state index in [9.17, 15) is 0 Å². The number of benzene rings is 2. The van der Waals surface area contributed by atoms with Crippen LogP contribution in [0.15, 0.2) is 48.5 Å². The van der Waals surface area contributed by atoms with Gasteiger partial charge in [-0.1, -0.05) is 12.1 Å². The number of nitrogens with one attached hydrogen (secondary N) is 1. The van der Waals surface area contributed by atoms with Crippen LogP contribution in [-0.2, 0) is 6.42 Å². The van der Waals surface area contributed by atoms with Crippen LogP contribution < -0.4 is 14.8 Å². The highest BCUT2D eigenvalue weighted by molar-refractivity contribution is 5.47. The lowest BCUT2D eigenvalue weighted by atomic mass is 10.1. The summed E-state index contributed by atoms with van der Waals surface area (Å²) < 4.78 is 10.5. The third kappa shape index (κ3) is 4.97. The first-order chi connectivity index (χ1) is 10.7. The van der Waals surface area contributed by atoms with E-state index >= 15 is 0 Å². The molecule has 22 heavy (non-hydrogen) atoms. The zero-order valence-electron chi connectivity index (χ0n) is 13.1. The van der Waals surface area contributed by atoms with E-state index in [-0.39, 0.29) is 6.61 Å². The summed E-state index contributed by atoms with van der Waals surface area (Å²) >= 11 is 0. The van der Waals surface area contributed by atoms with E-state index in [0.717, 1.165) is 23.6 Å². The van der Waals surface area contributed by atoms with Gasteiger partial charge in [-0.3, -0.25) is 0 Å². The van der Waals surface area contributed by atoms with Crippen molar-refractivity contribution >= 4 is 5.69 Å². The molecule has 0 aromatic heterocycles. The van der Waals surface area contributed by atoms with Crippen molar-refractivity contribution in [1.82, 2.24) is 0 Å². The molecule has 0 amide bonds. The van der Waals surface area contributed by atoms with Crippen LogP contribution in [-0.4, -0.2) is 31.5 Å². The Hall–Kier alpha value is -2.20. The largest absolute Gasteiger partial charge is 0.497 e. The van der Waals surface area contributed by atoms with Crippen molar-refractivity contribution in [2.45, 2.75) is 19.4 Å². The topological polar surface area (TPSA) is 50.7 Å². The van der Waals surface area contributed by atoms with Crippen molar-refractivity contribution in [2.75, 3.05) is 25.6 Å². The van der Waals surface area contributed by atoms with Gasteiger partial charge in [-0.15, -0.1) is 0 Å². The van der Waals surface area contributed by atoms with Crippen molar-refractivity contribution in [3.8, 4) is 11.5 Å². The SMILES string of the molecule is COc1ccc(CC(C)Nc2ccc(OCCO)cc2)cc1. The van der Waals surface area contributed by atoms with Gasteiger partial charge in [-0.25, -0.2) is 0 Å². The fraction of sp³-hybridized carbons (Fsp3) is 0.333. The third-order valence-electron chi connectivity index (χ3n) is 3.33. The van der Waals surface area contributed by atoms with E-state index in [4.69, 9.17) is 14.6 Å². The van der Waals surface area contributed by atoms with Gasteiger partial charge in [-0.2, -0.15) is 0 Å². The van der Waals surface area contributed by atoms with E-state index in [1.165, 1.54) is 5.56 Å². The molecule has 4 heteroatoms. The van der Waals surface area contributed by atoms with Gasteiger partial charge >= 0.3 is 0 Å². The number of aliphatic hydroxyl groups excluding tert-OH is 1. The molecular formula is C18H23NO3. The Balaban J connectivity index is 1.86. The maximum absolute atomic E-state index is 8.73. The van der Waals surface area contributed by atoms with E-state index < -0.39 is 0 Å². The lowest BCUT2D eigenvalue weighted by molar-refractivity contribution is 0.201. The fourth-order valence-corrected chi connectivity index (χ4v) is 2.26. The predicted octanol–water partition coefficient (Wildman–Crippen LogP) is 3.11. The number of hydrogen-bond acceptors (Lipinski definition) is 4. The molecule has 0 aliphatic rings. The molecule has 0 saturated heterocycles. The van der Waals surface area contributed by atoms with Gasteiger partial charge in [0.25, 0.3) is 0 Å². The Morgan fingerprint density at radius 3 is 2.23 bits per heavy atom. The molecule has 1 atom stereocenters. The lowest BCUT2D eigenvalue weighted by Crippen LogP contribution is -2.17. The van der Waals surface area contributed by atoms with Crippen LogP contribution in [0.2, 0.25) is 0 Å². The maximum atomic E-state index is 8.73. The molecule has 0 fully saturated rings. The van der Waals surface area contributed by atoms with Gasteiger partial charge in [0.1, 0.15) is 18.1 Å². The van der Waals surface area contributed by atoms with Gasteiger partial charge in [0, 0.05) is 11.7 Å². The van der Waals surface area contributed by atoms with Gasteiger partial charge in [0.15, 0.2) is 0 Å². The van der Waals surface area contributed by atoms with Crippen LogP contribution in [0.25, 0.3) is 0 Å². The van der Waals surface area contributed by atoms with Crippen molar-refractivity contribution in [1.29, 1.82) is 0 Å². The summed E-state index contributed by atoms with van der Waals surface area (Å²) in [6, 6.07) is 16.2. The zero-order valence-corrected chi connectivity index (χ0v) is 13.1. The van der Waals surface area contributed by atoms with Gasteiger partial charge in [0.2, 0.25) is 0 Å². The van der Waals surface area contributed by atoms with Crippen molar-refractivity contribution in [3.05, 3.63) is 54.1 Å². The molecule has 0 heterocycles. The molecule has 0 saturated carbocycles. The summed E-state index contributed by atoms with van der Waals surface area (Å²) in [6.45, 7) is 2.50. The first kappa shape index (κ1) is 16.2. The Kier molecular flexibility index (Phi) is 6.10. The minimum absolute atomic E-state index is 0.0267. The minimum Gasteiger partial charge on any atom is -0.497 e. The summed E-state index contributed by atoms with van der Waals surface area (Å²) in [6.07, 6.45) is 0.937. The summed E-state index contributed by atoms with van der Waals surface area (Å²) in [5, 5.41) is 12.2. The molecule has 4 nitrogen and oxygen atoms in total. The summed E-state index contributed by atoms with van der Waals surface area (Å²) in [5.41, 5.74) is 2.32. The second-order valence-corrected chi connectivity index (χ2v) is 5.19. The summed E-state index contributed by atoms with van der Waals surface area (Å²) in [7, 11) is 1.67. The number of anilines is 1. The standard InChI is InChI=1S/C18H23NO3/c1-14(13-15-3-7-17(21-2)8-4-15)19-16-5-9-18(10-6-16)22-12-11-20/h3-10,14,19-20H,11-13H2,1-2H3. The number of hydrogen-bond donors (Lipinski definition) is 2. The first-order valence-corrected chi connectivity index (χ1v) is 7.44. The summed E-state index contributed by atoms with van der Waals surface area (Å²) in [4.78, 5) is 0. The van der Waals surface area contributed by atoms with Gasteiger partial charge in [0.05, 0.1) is 13.7 Å². The van der Waals surface area contributed by atoms with Crippen LogP contribution in [0.5, 0.6) is 11.5 Å². The normalized spacial score (nSPS) is 11.8. The fourth-order valence-electron chi connectivity index (χ4n) is 2.26. The van der Waals surface area contributed by atoms with Crippen molar-refractivity contribution in [2.24, 2.45) is 0 Å². The summed E-state index contributed by atoms with van der Waals surface area (Å²) in [5.74, 6) is 1.64. The Labute approximate surface area is 131 Å². The molecule has 0 radical (unpaired) electrons. The van der Waals surface area contributed by atoms with Crippen LogP contribution in [0.4, 0.5) is 5.69 Å². The smallest absolute Gasteiger partial charge is 0.119 e. The Morgan fingerprint density at radius 2 is 1.64 bits per heavy atom. The van der Waals surface area contributed by atoms with E-state index in [0.29, 0.717) is 12.6 Å². The second kappa shape index (κ2) is 8.29. The van der Waals surface area contributed by atoms with Crippen molar-refractivity contribution < 1.29 is 14.6 Å². The molecule has 0 aliphatic heterocycles. The number of aliphatic hydroxyl groups is 1. The molecule has 118 valence electrons. The monoisotopic (exact) mass is 301 g/mol. The Bertz CT molecular complexity index is 552. The highest BCUT2D eigenvalue weighted by atomic mass is 16.5. The van der Waals surface area contributed by atoms with E-state index in [2.05, 4.69) is 24.4 Å². The molecule has 2 aromatic rings.